The van der Waals surface area contributed by atoms with E-state index in [-0.39, 0.29) is 11.4 Å². The van der Waals surface area contributed by atoms with Gasteiger partial charge in [-0.25, -0.2) is 0 Å². The monoisotopic (exact) mass is 230 g/mol. The number of aryl methyl sites for hydroxylation is 2. The minimum absolute atomic E-state index is 0.0296. The zero-order chi connectivity index (χ0) is 11.9. The number of carbonyl (C=O) groups is 1. The predicted molar refractivity (Wildman–Crippen MR) is 65.9 cm³/mol. The van der Waals surface area contributed by atoms with Gasteiger partial charge >= 0.3 is 5.97 Å². The SMILES string of the molecule is COC(=O)C1(Cc2ccc3c(c2)CCC3)CC1. The van der Waals surface area contributed by atoms with Crippen LogP contribution >= 0.6 is 0 Å². The Morgan fingerprint density at radius 3 is 2.76 bits per heavy atom. The van der Waals surface area contributed by atoms with Gasteiger partial charge in [0.05, 0.1) is 12.5 Å². The molecule has 0 heterocycles. The van der Waals surface area contributed by atoms with Crippen LogP contribution in [0.1, 0.15) is 36.0 Å². The molecule has 17 heavy (non-hydrogen) atoms. The first kappa shape index (κ1) is 10.8. The Labute approximate surface area is 102 Å². The average molecular weight is 230 g/mol. The standard InChI is InChI=1S/C15H18O2/c1-17-14(16)15(7-8-15)10-11-5-6-12-3-2-4-13(12)9-11/h5-6,9H,2-4,7-8,10H2,1H3. The van der Waals surface area contributed by atoms with E-state index in [2.05, 4.69) is 18.2 Å². The third-order valence-electron chi connectivity index (χ3n) is 4.18. The van der Waals surface area contributed by atoms with E-state index >= 15 is 0 Å². The van der Waals surface area contributed by atoms with E-state index in [1.54, 1.807) is 0 Å². The molecule has 1 aromatic carbocycles. The van der Waals surface area contributed by atoms with Gasteiger partial charge in [0.2, 0.25) is 0 Å². The number of ether oxygens (including phenoxy) is 1. The zero-order valence-electron chi connectivity index (χ0n) is 10.3. The summed E-state index contributed by atoms with van der Waals surface area (Å²) in [5, 5.41) is 0. The molecule has 0 unspecified atom stereocenters. The first-order valence-corrected chi connectivity index (χ1v) is 6.43. The van der Waals surface area contributed by atoms with Crippen LogP contribution in [-0.4, -0.2) is 13.1 Å². The fraction of sp³-hybridized carbons (Fsp3) is 0.533. The summed E-state index contributed by atoms with van der Waals surface area (Å²) in [5.41, 5.74) is 4.09. The smallest absolute Gasteiger partial charge is 0.312 e. The Morgan fingerprint density at radius 2 is 2.06 bits per heavy atom. The van der Waals surface area contributed by atoms with Crippen molar-refractivity contribution in [3.05, 3.63) is 34.9 Å². The third-order valence-corrected chi connectivity index (χ3v) is 4.18. The summed E-state index contributed by atoms with van der Waals surface area (Å²) in [7, 11) is 1.49. The summed E-state index contributed by atoms with van der Waals surface area (Å²) in [4.78, 5) is 11.7. The van der Waals surface area contributed by atoms with Gasteiger partial charge in [-0.3, -0.25) is 4.79 Å². The van der Waals surface area contributed by atoms with Crippen molar-refractivity contribution in [2.24, 2.45) is 5.41 Å². The summed E-state index contributed by atoms with van der Waals surface area (Å²) in [6, 6.07) is 6.73. The maximum Gasteiger partial charge on any atom is 0.312 e. The zero-order valence-corrected chi connectivity index (χ0v) is 10.3. The highest BCUT2D eigenvalue weighted by Crippen LogP contribution is 2.49. The minimum Gasteiger partial charge on any atom is -0.469 e. The van der Waals surface area contributed by atoms with Crippen LogP contribution in [0.4, 0.5) is 0 Å². The Morgan fingerprint density at radius 1 is 1.29 bits per heavy atom. The fourth-order valence-corrected chi connectivity index (χ4v) is 2.95. The van der Waals surface area contributed by atoms with Gasteiger partial charge in [-0.05, 0) is 55.2 Å². The average Bonchev–Trinajstić information content (AvgIpc) is 2.97. The first-order valence-electron chi connectivity index (χ1n) is 6.43. The molecule has 1 fully saturated rings. The molecular formula is C15H18O2. The van der Waals surface area contributed by atoms with Crippen LogP contribution in [0.5, 0.6) is 0 Å². The molecule has 0 aliphatic heterocycles. The first-order chi connectivity index (χ1) is 8.23. The number of hydrogen-bond donors (Lipinski definition) is 0. The Balaban J connectivity index is 1.80. The van der Waals surface area contributed by atoms with Crippen molar-refractivity contribution in [1.82, 2.24) is 0 Å². The second kappa shape index (κ2) is 3.86. The second-order valence-electron chi connectivity index (χ2n) is 5.41. The maximum absolute atomic E-state index is 11.7. The lowest BCUT2D eigenvalue weighted by molar-refractivity contribution is -0.147. The van der Waals surface area contributed by atoms with Gasteiger partial charge in [0.25, 0.3) is 0 Å². The van der Waals surface area contributed by atoms with Crippen molar-refractivity contribution < 1.29 is 9.53 Å². The van der Waals surface area contributed by atoms with Crippen LogP contribution < -0.4 is 0 Å². The van der Waals surface area contributed by atoms with Gasteiger partial charge in [0, 0.05) is 0 Å². The van der Waals surface area contributed by atoms with Gasteiger partial charge in [0.15, 0.2) is 0 Å². The van der Waals surface area contributed by atoms with Crippen molar-refractivity contribution in [1.29, 1.82) is 0 Å². The van der Waals surface area contributed by atoms with Crippen molar-refractivity contribution in [2.45, 2.75) is 38.5 Å². The summed E-state index contributed by atoms with van der Waals surface area (Å²) < 4.78 is 4.90. The number of fused-ring (bicyclic) bond motifs is 1. The maximum atomic E-state index is 11.7. The van der Waals surface area contributed by atoms with E-state index in [1.807, 2.05) is 0 Å². The lowest BCUT2D eigenvalue weighted by Crippen LogP contribution is -2.20. The number of benzene rings is 1. The quantitative estimate of drug-likeness (QED) is 0.746. The van der Waals surface area contributed by atoms with Crippen LogP contribution in [0.3, 0.4) is 0 Å². The van der Waals surface area contributed by atoms with Gasteiger partial charge in [-0.1, -0.05) is 18.2 Å². The molecule has 1 aromatic rings. The van der Waals surface area contributed by atoms with Gasteiger partial charge in [0.1, 0.15) is 0 Å². The molecule has 0 atom stereocenters. The molecule has 2 aliphatic rings. The molecule has 2 nitrogen and oxygen atoms in total. The van der Waals surface area contributed by atoms with E-state index in [9.17, 15) is 4.79 Å². The van der Waals surface area contributed by atoms with Crippen LogP contribution in [0.15, 0.2) is 18.2 Å². The predicted octanol–water partition coefficient (Wildman–Crippen LogP) is 2.67. The number of esters is 1. The molecular weight excluding hydrogens is 212 g/mol. The number of rotatable bonds is 3. The Hall–Kier alpha value is -1.31. The highest BCUT2D eigenvalue weighted by Gasteiger charge is 2.50. The molecule has 3 rings (SSSR count). The molecule has 0 spiro atoms. The lowest BCUT2D eigenvalue weighted by atomic mass is 9.94. The summed E-state index contributed by atoms with van der Waals surface area (Å²) in [6.07, 6.45) is 6.52. The number of carbonyl (C=O) groups excluding carboxylic acids is 1. The van der Waals surface area contributed by atoms with E-state index in [1.165, 1.54) is 43.1 Å². The van der Waals surface area contributed by atoms with Crippen LogP contribution in [0.2, 0.25) is 0 Å². The third kappa shape index (κ3) is 1.86. The van der Waals surface area contributed by atoms with Gasteiger partial charge in [-0.2, -0.15) is 0 Å². The molecule has 0 saturated heterocycles. The summed E-state index contributed by atoms with van der Waals surface area (Å²) >= 11 is 0. The number of methoxy groups -OCH3 is 1. The lowest BCUT2D eigenvalue weighted by Gasteiger charge is -2.13. The molecule has 0 amide bonds. The normalized spacial score (nSPS) is 19.8. The molecule has 90 valence electrons. The number of hydrogen-bond acceptors (Lipinski definition) is 2. The molecule has 0 N–H and O–H groups in total. The highest BCUT2D eigenvalue weighted by molar-refractivity contribution is 5.80. The van der Waals surface area contributed by atoms with Crippen LogP contribution in [0.25, 0.3) is 0 Å². The second-order valence-corrected chi connectivity index (χ2v) is 5.41. The van der Waals surface area contributed by atoms with Crippen molar-refractivity contribution in [2.75, 3.05) is 7.11 Å². The van der Waals surface area contributed by atoms with E-state index in [4.69, 9.17) is 4.74 Å². The Kier molecular flexibility index (Phi) is 2.46. The van der Waals surface area contributed by atoms with E-state index in [0.29, 0.717) is 0 Å². The summed E-state index contributed by atoms with van der Waals surface area (Å²) in [6.45, 7) is 0. The molecule has 0 aromatic heterocycles. The minimum atomic E-state index is -0.193. The van der Waals surface area contributed by atoms with Gasteiger partial charge < -0.3 is 4.74 Å². The van der Waals surface area contributed by atoms with Crippen LogP contribution in [0, 0.1) is 5.41 Å². The Bertz CT molecular complexity index is 458. The molecule has 2 aliphatic carbocycles. The fourth-order valence-electron chi connectivity index (χ4n) is 2.95. The molecule has 2 heteroatoms. The van der Waals surface area contributed by atoms with Crippen molar-refractivity contribution in [3.63, 3.8) is 0 Å². The molecule has 0 bridgehead atoms. The van der Waals surface area contributed by atoms with Gasteiger partial charge in [-0.15, -0.1) is 0 Å². The largest absolute Gasteiger partial charge is 0.469 e. The molecule has 1 saturated carbocycles. The summed E-state index contributed by atoms with van der Waals surface area (Å²) in [5.74, 6) is -0.0296. The van der Waals surface area contributed by atoms with Crippen molar-refractivity contribution in [3.8, 4) is 0 Å². The highest BCUT2D eigenvalue weighted by atomic mass is 16.5. The topological polar surface area (TPSA) is 26.3 Å². The molecule has 0 radical (unpaired) electrons. The van der Waals surface area contributed by atoms with E-state index < -0.39 is 0 Å². The van der Waals surface area contributed by atoms with E-state index in [0.717, 1.165) is 19.3 Å². The van der Waals surface area contributed by atoms with Crippen molar-refractivity contribution >= 4 is 5.97 Å². The van der Waals surface area contributed by atoms with Crippen LogP contribution in [-0.2, 0) is 28.8 Å².